The number of thiophene rings is 1. The van der Waals surface area contributed by atoms with Crippen LogP contribution in [-0.2, 0) is 9.84 Å². The van der Waals surface area contributed by atoms with Crippen molar-refractivity contribution in [2.24, 2.45) is 10.7 Å². The van der Waals surface area contributed by atoms with Crippen LogP contribution < -0.4 is 5.73 Å². The molecule has 3 aromatic rings. The number of hydrogen-bond acceptors (Lipinski definition) is 7. The highest BCUT2D eigenvalue weighted by molar-refractivity contribution is 7.90. The molecule has 2 aromatic carbocycles. The van der Waals surface area contributed by atoms with E-state index in [4.69, 9.17) is 22.3 Å². The minimum atomic E-state index is -3.30. The normalized spacial score (nSPS) is 18.1. The Morgan fingerprint density at radius 3 is 2.77 bits per heavy atom. The number of nitrogens with zero attached hydrogens (tertiary/aromatic N) is 2. The Morgan fingerprint density at radius 1 is 1.23 bits per heavy atom. The van der Waals surface area contributed by atoms with Crippen LogP contribution in [0.15, 0.2) is 82.3 Å². The molecule has 1 atom stereocenters. The van der Waals surface area contributed by atoms with Crippen LogP contribution in [0.4, 0.5) is 5.69 Å². The number of likely N-dealkylation sites (tertiary alicyclic amines) is 1. The van der Waals surface area contributed by atoms with E-state index < -0.39 is 9.84 Å². The average molecular weight is 530 g/mol. The Balaban J connectivity index is 1.69. The first-order valence-electron chi connectivity index (χ1n) is 11.3. The number of rotatable bonds is 7. The van der Waals surface area contributed by atoms with Gasteiger partial charge in [0.05, 0.1) is 32.3 Å². The van der Waals surface area contributed by atoms with Crippen molar-refractivity contribution < 1.29 is 13.5 Å². The number of hydrogen-bond donors (Lipinski definition) is 2. The number of β-amino-alcohol motifs (C(OH)–C–C–N with tert-alkyl or cyclic N) is 1. The molecule has 0 aliphatic carbocycles. The number of piperidine rings is 1. The highest BCUT2D eigenvalue weighted by Crippen LogP contribution is 2.32. The summed E-state index contributed by atoms with van der Waals surface area (Å²) < 4.78 is 24.0. The summed E-state index contributed by atoms with van der Waals surface area (Å²) in [5, 5.41) is 10.5. The third-order valence-corrected chi connectivity index (χ3v) is 8.29. The molecular formula is C26H28ClN3O3S2. The zero-order valence-corrected chi connectivity index (χ0v) is 21.8. The zero-order chi connectivity index (χ0) is 25.0. The van der Waals surface area contributed by atoms with Gasteiger partial charge in [-0.2, -0.15) is 0 Å². The van der Waals surface area contributed by atoms with Gasteiger partial charge in [-0.3, -0.25) is 4.90 Å². The molecule has 35 heavy (non-hydrogen) atoms. The number of aliphatic imine (C=N–C) groups is 1. The van der Waals surface area contributed by atoms with Gasteiger partial charge >= 0.3 is 0 Å². The maximum Gasteiger partial charge on any atom is 0.175 e. The second-order valence-electron chi connectivity index (χ2n) is 8.66. The third-order valence-electron chi connectivity index (χ3n) is 5.71. The van der Waals surface area contributed by atoms with E-state index in [1.54, 1.807) is 24.3 Å². The van der Waals surface area contributed by atoms with Crippen molar-refractivity contribution in [3.63, 3.8) is 0 Å². The van der Waals surface area contributed by atoms with Gasteiger partial charge in [-0.25, -0.2) is 13.4 Å². The monoisotopic (exact) mass is 529 g/mol. The van der Waals surface area contributed by atoms with Crippen molar-refractivity contribution in [2.45, 2.75) is 23.8 Å². The second-order valence-corrected chi connectivity index (χ2v) is 12.2. The average Bonchev–Trinajstić information content (AvgIpc) is 3.30. The van der Waals surface area contributed by atoms with Crippen LogP contribution in [0.3, 0.4) is 0 Å². The van der Waals surface area contributed by atoms with Crippen LogP contribution in [0, 0.1) is 0 Å². The van der Waals surface area contributed by atoms with Gasteiger partial charge in [0, 0.05) is 29.9 Å². The maximum absolute atomic E-state index is 12.0. The van der Waals surface area contributed by atoms with E-state index in [2.05, 4.69) is 4.90 Å². The molecule has 2 heterocycles. The minimum Gasteiger partial charge on any atom is -0.401 e. The number of aliphatic hydroxyl groups excluding tert-OH is 1. The van der Waals surface area contributed by atoms with Gasteiger partial charge in [-0.05, 0) is 67.4 Å². The number of sulfone groups is 1. The summed E-state index contributed by atoms with van der Waals surface area (Å²) in [6.07, 6.45) is 4.49. The molecule has 1 aliphatic rings. The summed E-state index contributed by atoms with van der Waals surface area (Å²) in [7, 11) is -3.30. The van der Waals surface area contributed by atoms with E-state index >= 15 is 0 Å². The lowest BCUT2D eigenvalue weighted by atomic mass is 10.1. The van der Waals surface area contributed by atoms with E-state index in [0.717, 1.165) is 34.7 Å². The number of nitrogens with two attached hydrogens (primary N) is 1. The van der Waals surface area contributed by atoms with Crippen molar-refractivity contribution in [1.29, 1.82) is 0 Å². The lowest BCUT2D eigenvalue weighted by Gasteiger charge is -2.29. The van der Waals surface area contributed by atoms with Gasteiger partial charge in [-0.15, -0.1) is 11.3 Å². The largest absolute Gasteiger partial charge is 0.401 e. The summed E-state index contributed by atoms with van der Waals surface area (Å²) >= 11 is 7.88. The van der Waals surface area contributed by atoms with Gasteiger partial charge in [0.1, 0.15) is 0 Å². The Morgan fingerprint density at radius 2 is 2.03 bits per heavy atom. The third kappa shape index (κ3) is 6.80. The highest BCUT2D eigenvalue weighted by Gasteiger charge is 2.18. The molecular weight excluding hydrogens is 502 g/mol. The lowest BCUT2D eigenvalue weighted by molar-refractivity contribution is 0.0756. The van der Waals surface area contributed by atoms with Crippen LogP contribution >= 0.6 is 22.9 Å². The topological polar surface area (TPSA) is 96.0 Å². The summed E-state index contributed by atoms with van der Waals surface area (Å²) in [5.41, 5.74) is 9.19. The molecule has 0 spiro atoms. The number of para-hydroxylation sites is 1. The molecule has 9 heteroatoms. The van der Waals surface area contributed by atoms with Crippen LogP contribution in [-0.4, -0.2) is 56.1 Å². The zero-order valence-electron chi connectivity index (χ0n) is 19.4. The predicted octanol–water partition coefficient (Wildman–Crippen LogP) is 4.89. The summed E-state index contributed by atoms with van der Waals surface area (Å²) in [4.78, 5) is 9.04. The van der Waals surface area contributed by atoms with Crippen molar-refractivity contribution in [3.05, 3.63) is 82.3 Å². The Kier molecular flexibility index (Phi) is 8.09. The SMILES string of the molecule is CS(=O)(=O)c1cccc(-c2ccc(C(C=C(N)CN3CCCC(O)C3)=Nc3ccccc3Cl)s2)c1. The number of halogens is 1. The predicted molar refractivity (Wildman–Crippen MR) is 144 cm³/mol. The first-order valence-corrected chi connectivity index (χ1v) is 14.4. The van der Waals surface area contributed by atoms with Crippen LogP contribution in [0.1, 0.15) is 17.7 Å². The molecule has 4 rings (SSSR count). The molecule has 1 unspecified atom stereocenters. The molecule has 0 saturated carbocycles. The Labute approximate surface area is 215 Å². The van der Waals surface area contributed by atoms with E-state index in [1.807, 2.05) is 42.5 Å². The highest BCUT2D eigenvalue weighted by atomic mass is 35.5. The van der Waals surface area contributed by atoms with Crippen LogP contribution in [0.2, 0.25) is 5.02 Å². The Hall–Kier alpha value is -2.49. The molecule has 1 aliphatic heterocycles. The standard InChI is InChI=1S/C26H28ClN3O3S2/c1-35(32,33)21-8-4-6-18(14-21)25-11-12-26(34-25)24(29-23-10-3-2-9-22(23)27)15-19(28)16-30-13-5-7-20(31)17-30/h2-4,6,8-12,14-15,20,31H,5,7,13,16-17,28H2,1H3. The fourth-order valence-electron chi connectivity index (χ4n) is 4.00. The van der Waals surface area contributed by atoms with Crippen LogP contribution in [0.25, 0.3) is 10.4 Å². The van der Waals surface area contributed by atoms with Gasteiger partial charge in [0.25, 0.3) is 0 Å². The molecule has 1 aromatic heterocycles. The van der Waals surface area contributed by atoms with E-state index in [1.165, 1.54) is 17.6 Å². The summed E-state index contributed by atoms with van der Waals surface area (Å²) in [6, 6.07) is 18.2. The van der Waals surface area contributed by atoms with E-state index in [9.17, 15) is 13.5 Å². The molecule has 184 valence electrons. The van der Waals surface area contributed by atoms with Crippen LogP contribution in [0.5, 0.6) is 0 Å². The second kappa shape index (κ2) is 11.1. The first kappa shape index (κ1) is 25.6. The van der Waals surface area contributed by atoms with Gasteiger partial charge < -0.3 is 10.8 Å². The van der Waals surface area contributed by atoms with Crippen molar-refractivity contribution in [2.75, 3.05) is 25.9 Å². The molecule has 0 bridgehead atoms. The van der Waals surface area contributed by atoms with Crippen molar-refractivity contribution in [3.8, 4) is 10.4 Å². The molecule has 1 fully saturated rings. The lowest BCUT2D eigenvalue weighted by Crippen LogP contribution is -2.40. The summed E-state index contributed by atoms with van der Waals surface area (Å²) in [6.45, 7) is 2.03. The Bertz CT molecular complexity index is 1370. The number of aliphatic hydroxyl groups is 1. The van der Waals surface area contributed by atoms with E-state index in [0.29, 0.717) is 35.2 Å². The molecule has 1 saturated heterocycles. The number of benzene rings is 2. The fourth-order valence-corrected chi connectivity index (χ4v) is 5.80. The van der Waals surface area contributed by atoms with Crippen molar-refractivity contribution >= 4 is 44.2 Å². The molecule has 0 amide bonds. The van der Waals surface area contributed by atoms with Gasteiger partial charge in [0.2, 0.25) is 0 Å². The van der Waals surface area contributed by atoms with Gasteiger partial charge in [-0.1, -0.05) is 35.9 Å². The first-order chi connectivity index (χ1) is 16.7. The number of allylic oxidation sites excluding steroid dienone is 1. The quantitative estimate of drug-likeness (QED) is 0.425. The summed E-state index contributed by atoms with van der Waals surface area (Å²) in [5.74, 6) is 0. The molecule has 3 N–H and O–H groups in total. The van der Waals surface area contributed by atoms with Crippen molar-refractivity contribution in [1.82, 2.24) is 4.90 Å². The van der Waals surface area contributed by atoms with Gasteiger partial charge in [0.15, 0.2) is 9.84 Å². The molecule has 6 nitrogen and oxygen atoms in total. The van der Waals surface area contributed by atoms with E-state index in [-0.39, 0.29) is 11.0 Å². The smallest absolute Gasteiger partial charge is 0.175 e. The maximum atomic E-state index is 12.0. The fraction of sp³-hybridized carbons (Fsp3) is 0.269. The molecule has 0 radical (unpaired) electrons. The minimum absolute atomic E-state index is 0.280.